The van der Waals surface area contributed by atoms with E-state index in [4.69, 9.17) is 11.2 Å². The lowest BCUT2D eigenvalue weighted by atomic mass is 10.0. The first-order valence-electron chi connectivity index (χ1n) is 11.0. The molecule has 0 saturated carbocycles. The van der Waals surface area contributed by atoms with E-state index in [1.165, 1.54) is 0 Å². The smallest absolute Gasteiger partial charge is 0.230 e. The van der Waals surface area contributed by atoms with Crippen LogP contribution >= 0.6 is 11.3 Å². The van der Waals surface area contributed by atoms with Crippen molar-refractivity contribution >= 4 is 28.1 Å². The molecule has 1 heterocycles. The van der Waals surface area contributed by atoms with Gasteiger partial charge >= 0.3 is 0 Å². The Hall–Kier alpha value is -2.70. The first-order valence-corrected chi connectivity index (χ1v) is 9.83. The van der Waals surface area contributed by atoms with Crippen molar-refractivity contribution in [2.75, 3.05) is 11.1 Å². The molecule has 4 N–H and O–H groups in total. The number of benzene rings is 2. The molecular formula is C22H25N3O2S. The third-order valence-corrected chi connectivity index (χ3v) is 4.75. The summed E-state index contributed by atoms with van der Waals surface area (Å²) in [4.78, 5) is 16.2. The van der Waals surface area contributed by atoms with Crippen LogP contribution in [0.4, 0.5) is 10.8 Å². The van der Waals surface area contributed by atoms with Crippen LogP contribution in [0.25, 0.3) is 0 Å². The van der Waals surface area contributed by atoms with Gasteiger partial charge < -0.3 is 16.2 Å². The number of nitrogen functional groups attached to an aromatic ring is 1. The molecule has 0 aliphatic rings. The molecule has 0 spiro atoms. The van der Waals surface area contributed by atoms with Crippen LogP contribution in [0.5, 0.6) is 0 Å². The third-order valence-electron chi connectivity index (χ3n) is 4.15. The van der Waals surface area contributed by atoms with Gasteiger partial charge in [0.1, 0.15) is 0 Å². The van der Waals surface area contributed by atoms with E-state index in [1.54, 1.807) is 36.4 Å². The van der Waals surface area contributed by atoms with E-state index in [0.717, 1.165) is 29.7 Å². The van der Waals surface area contributed by atoms with Crippen LogP contribution in [0.15, 0.2) is 60.0 Å². The molecule has 3 rings (SSSR count). The number of anilines is 2. The number of carbonyl (C=O) groups is 1. The Kier molecular flexibility index (Phi) is 5.45. The fourth-order valence-electron chi connectivity index (χ4n) is 2.73. The Bertz CT molecular complexity index is 1060. The van der Waals surface area contributed by atoms with Crippen LogP contribution < -0.4 is 11.1 Å². The first kappa shape index (κ1) is 15.2. The second-order valence-electron chi connectivity index (χ2n) is 6.30. The van der Waals surface area contributed by atoms with Gasteiger partial charge in [0.25, 0.3) is 0 Å². The van der Waals surface area contributed by atoms with Crippen molar-refractivity contribution < 1.29 is 15.4 Å². The summed E-state index contributed by atoms with van der Waals surface area (Å²) in [6, 6.07) is 16.0. The van der Waals surface area contributed by atoms with Crippen LogP contribution in [0.1, 0.15) is 47.6 Å². The second kappa shape index (κ2) is 10.0. The number of nitrogens with zero attached hydrogens (tertiary/aromatic N) is 1. The summed E-state index contributed by atoms with van der Waals surface area (Å²) in [5.41, 5.74) is 7.26. The quantitative estimate of drug-likeness (QED) is 0.467. The molecule has 1 aromatic heterocycles. The highest BCUT2D eigenvalue weighted by molar-refractivity contribution is 7.13. The van der Waals surface area contributed by atoms with Gasteiger partial charge in [-0.15, -0.1) is 11.3 Å². The Morgan fingerprint density at radius 1 is 1.25 bits per heavy atom. The topological polar surface area (TPSA) is 88.2 Å². The molecule has 0 unspecified atom stereocenters. The van der Waals surface area contributed by atoms with Crippen molar-refractivity contribution in [2.24, 2.45) is 0 Å². The minimum Gasteiger partial charge on any atom is -0.388 e. The van der Waals surface area contributed by atoms with Gasteiger partial charge in [0.15, 0.2) is 5.13 Å². The number of aliphatic hydroxyl groups is 1. The third kappa shape index (κ3) is 6.18. The molecule has 0 fully saturated rings. The Morgan fingerprint density at radius 3 is 2.68 bits per heavy atom. The molecule has 0 aliphatic heterocycles. The van der Waals surface area contributed by atoms with Gasteiger partial charge in [-0.05, 0) is 42.5 Å². The number of unbranched alkanes of at least 4 members (excludes halogenated alkanes) is 1. The lowest BCUT2D eigenvalue weighted by Gasteiger charge is -2.10. The molecule has 0 radical (unpaired) electrons. The molecule has 2 aromatic carbocycles. The van der Waals surface area contributed by atoms with Crippen LogP contribution in [-0.2, 0) is 17.6 Å². The highest BCUT2D eigenvalue weighted by Crippen LogP contribution is 2.20. The van der Waals surface area contributed by atoms with Crippen LogP contribution in [0.3, 0.4) is 0 Å². The SMILES string of the molecule is [2H]c1sc(N)nc1C([2H])([2H])C(=O)Nc1ccc(CCCC[C@]([2H])(O)c2ccccc2)cc1. The summed E-state index contributed by atoms with van der Waals surface area (Å²) in [6.45, 7) is 0. The largest absolute Gasteiger partial charge is 0.388 e. The van der Waals surface area contributed by atoms with Crippen LogP contribution in [-0.4, -0.2) is 16.0 Å². The zero-order valence-corrected chi connectivity index (χ0v) is 16.1. The molecule has 28 heavy (non-hydrogen) atoms. The molecule has 6 heteroatoms. The van der Waals surface area contributed by atoms with E-state index < -0.39 is 18.4 Å². The van der Waals surface area contributed by atoms with Crippen LogP contribution in [0, 0.1) is 0 Å². The highest BCUT2D eigenvalue weighted by atomic mass is 32.1. The number of amides is 1. The molecule has 5 nitrogen and oxygen atoms in total. The second-order valence-corrected chi connectivity index (χ2v) is 7.13. The zero-order valence-electron chi connectivity index (χ0n) is 19.3. The molecule has 1 atom stereocenters. The number of rotatable bonds is 9. The van der Waals surface area contributed by atoms with Crippen molar-refractivity contribution in [1.29, 1.82) is 0 Å². The number of aromatic nitrogens is 1. The molecule has 146 valence electrons. The van der Waals surface area contributed by atoms with E-state index >= 15 is 0 Å². The molecule has 0 saturated heterocycles. The van der Waals surface area contributed by atoms with Crippen molar-refractivity contribution in [2.45, 2.75) is 38.1 Å². The van der Waals surface area contributed by atoms with Gasteiger partial charge in [-0.2, -0.15) is 0 Å². The van der Waals surface area contributed by atoms with Crippen molar-refractivity contribution in [3.8, 4) is 0 Å². The molecule has 1 amide bonds. The van der Waals surface area contributed by atoms with Gasteiger partial charge in [-0.3, -0.25) is 4.79 Å². The maximum atomic E-state index is 12.4. The predicted octanol–water partition coefficient (Wildman–Crippen LogP) is 4.35. The summed E-state index contributed by atoms with van der Waals surface area (Å²) >= 11 is 0.817. The van der Waals surface area contributed by atoms with Crippen LogP contribution in [0.2, 0.25) is 0 Å². The first-order chi connectivity index (χ1) is 15.1. The normalized spacial score (nSPS) is 15.6. The number of hydrogen-bond donors (Lipinski definition) is 3. The van der Waals surface area contributed by atoms with E-state index in [2.05, 4.69) is 10.3 Å². The highest BCUT2D eigenvalue weighted by Gasteiger charge is 2.08. The Balaban J connectivity index is 1.51. The fourth-order valence-corrected chi connectivity index (χ4v) is 3.17. The number of nitrogens with two attached hydrogens (primary N) is 1. The van der Waals surface area contributed by atoms with Crippen molar-refractivity contribution in [3.63, 3.8) is 0 Å². The summed E-state index contributed by atoms with van der Waals surface area (Å²) < 4.78 is 31.9. The lowest BCUT2D eigenvalue weighted by molar-refractivity contribution is -0.115. The van der Waals surface area contributed by atoms with Gasteiger partial charge in [-0.1, -0.05) is 48.9 Å². The lowest BCUT2D eigenvalue weighted by Crippen LogP contribution is -2.14. The van der Waals surface area contributed by atoms with E-state index in [-0.39, 0.29) is 16.2 Å². The van der Waals surface area contributed by atoms with E-state index in [1.807, 2.05) is 18.2 Å². The minimum absolute atomic E-state index is 0.0404. The number of thiazole rings is 1. The standard InChI is InChI=1S/C22H25N3O2S/c23-22-25-19(15-28-22)14-21(27)24-18-12-10-16(11-13-18)6-4-5-9-20(26)17-7-2-1-3-8-17/h1-3,7-8,10-13,15,20,26H,4-6,9,14H2,(H2,23,25)(H,24,27)/t20-/m0/s1/i14D2,15D,20D. The van der Waals surface area contributed by atoms with Gasteiger partial charge in [-0.25, -0.2) is 4.98 Å². The summed E-state index contributed by atoms with van der Waals surface area (Å²) in [5, 5.41) is 12.7. The molecule has 0 aliphatic carbocycles. The van der Waals surface area contributed by atoms with E-state index in [0.29, 0.717) is 24.1 Å². The Morgan fingerprint density at radius 2 is 2.00 bits per heavy atom. The maximum absolute atomic E-state index is 12.4. The zero-order chi connectivity index (χ0) is 23.4. The van der Waals surface area contributed by atoms with E-state index in [9.17, 15) is 9.90 Å². The average Bonchev–Trinajstić information content (AvgIpc) is 3.11. The summed E-state index contributed by atoms with van der Waals surface area (Å²) in [5.74, 6) is -0.917. The number of hydrogen-bond acceptors (Lipinski definition) is 5. The summed E-state index contributed by atoms with van der Waals surface area (Å²) in [6.07, 6.45) is -1.52. The monoisotopic (exact) mass is 399 g/mol. The van der Waals surface area contributed by atoms with Gasteiger partial charge in [0.05, 0.1) is 20.9 Å². The maximum Gasteiger partial charge on any atom is 0.230 e. The minimum atomic E-state index is -2.48. The molecule has 0 bridgehead atoms. The number of aryl methyl sites for hydroxylation is 1. The fraction of sp³-hybridized carbons (Fsp3) is 0.273. The van der Waals surface area contributed by atoms with Crippen molar-refractivity contribution in [3.05, 3.63) is 76.8 Å². The average molecular weight is 400 g/mol. The molecular weight excluding hydrogens is 370 g/mol. The number of carbonyl (C=O) groups excluding carboxylic acids is 1. The van der Waals surface area contributed by atoms with Crippen molar-refractivity contribution in [1.82, 2.24) is 4.98 Å². The number of nitrogens with one attached hydrogen (secondary N) is 1. The van der Waals surface area contributed by atoms with Gasteiger partial charge in [0, 0.05) is 13.8 Å². The predicted molar refractivity (Wildman–Crippen MR) is 114 cm³/mol. The van der Waals surface area contributed by atoms with Gasteiger partial charge in [0.2, 0.25) is 5.91 Å². The molecule has 3 aromatic rings. The Labute approximate surface area is 174 Å². The summed E-state index contributed by atoms with van der Waals surface area (Å²) in [7, 11) is 0.